The number of carbonyl (C=O) groups excluding carboxylic acids is 1. The molecule has 1 N–H and O–H groups in total. The number of halogens is 1. The van der Waals surface area contributed by atoms with Crippen LogP contribution in [0.4, 0.5) is 15.9 Å². The zero-order valence-corrected chi connectivity index (χ0v) is 18.3. The number of piperidine rings is 1. The molecule has 1 amide bonds. The van der Waals surface area contributed by atoms with Crippen LogP contribution >= 0.6 is 11.3 Å². The van der Waals surface area contributed by atoms with E-state index in [0.29, 0.717) is 10.9 Å². The summed E-state index contributed by atoms with van der Waals surface area (Å²) in [4.78, 5) is 23.8. The van der Waals surface area contributed by atoms with Gasteiger partial charge in [-0.3, -0.25) is 4.79 Å². The van der Waals surface area contributed by atoms with Crippen LogP contribution in [0.1, 0.15) is 24.0 Å². The molecule has 1 fully saturated rings. The fraction of sp³-hybridized carbons (Fsp3) is 0.292. The summed E-state index contributed by atoms with van der Waals surface area (Å²) in [7, 11) is 0. The molecule has 5 nitrogen and oxygen atoms in total. The minimum absolute atomic E-state index is 0.0324. The second kappa shape index (κ2) is 7.89. The van der Waals surface area contributed by atoms with Crippen LogP contribution < -0.4 is 10.2 Å². The number of aryl methyl sites for hydroxylation is 2. The van der Waals surface area contributed by atoms with E-state index < -0.39 is 0 Å². The SMILES string of the molecule is Cc1ccc(NC(=O)C2CCN(c3ncnc4c3sc3cccc(F)c34)CC2)cc1C. The van der Waals surface area contributed by atoms with Gasteiger partial charge in [-0.25, -0.2) is 14.4 Å². The quantitative estimate of drug-likeness (QED) is 0.465. The van der Waals surface area contributed by atoms with Crippen molar-refractivity contribution in [3.63, 3.8) is 0 Å². The van der Waals surface area contributed by atoms with Gasteiger partial charge in [0.05, 0.1) is 15.6 Å². The van der Waals surface area contributed by atoms with Gasteiger partial charge in [-0.1, -0.05) is 12.1 Å². The van der Waals surface area contributed by atoms with E-state index in [9.17, 15) is 9.18 Å². The van der Waals surface area contributed by atoms with E-state index in [1.165, 1.54) is 34.9 Å². The van der Waals surface area contributed by atoms with Crippen molar-refractivity contribution < 1.29 is 9.18 Å². The Balaban J connectivity index is 1.33. The lowest BCUT2D eigenvalue weighted by Crippen LogP contribution is -2.38. The minimum Gasteiger partial charge on any atom is -0.355 e. The Morgan fingerprint density at radius 2 is 1.94 bits per heavy atom. The third-order valence-corrected chi connectivity index (χ3v) is 7.29. The lowest BCUT2D eigenvalue weighted by Gasteiger charge is -2.32. The highest BCUT2D eigenvalue weighted by Crippen LogP contribution is 2.39. The Hall–Kier alpha value is -3.06. The first-order valence-electron chi connectivity index (χ1n) is 10.5. The lowest BCUT2D eigenvalue weighted by atomic mass is 9.95. The van der Waals surface area contributed by atoms with Crippen LogP contribution in [0.3, 0.4) is 0 Å². The molecule has 4 aromatic rings. The summed E-state index contributed by atoms with van der Waals surface area (Å²) in [5.41, 5.74) is 3.89. The molecule has 0 saturated carbocycles. The number of fused-ring (bicyclic) bond motifs is 3. The standard InChI is InChI=1S/C24H23FN4OS/c1-14-6-7-17(12-15(14)2)28-24(30)16-8-10-29(11-9-16)23-22-21(26-13-27-23)20-18(25)4-3-5-19(20)31-22/h3-7,12-13,16H,8-11H2,1-2H3,(H,28,30). The monoisotopic (exact) mass is 434 g/mol. The summed E-state index contributed by atoms with van der Waals surface area (Å²) in [6, 6.07) is 11.1. The third-order valence-electron chi connectivity index (χ3n) is 6.15. The highest BCUT2D eigenvalue weighted by Gasteiger charge is 2.27. The molecule has 7 heteroatoms. The Bertz CT molecular complexity index is 1290. The third kappa shape index (κ3) is 3.63. The Morgan fingerprint density at radius 3 is 2.71 bits per heavy atom. The summed E-state index contributed by atoms with van der Waals surface area (Å²) < 4.78 is 16.2. The van der Waals surface area contributed by atoms with Crippen molar-refractivity contribution in [2.24, 2.45) is 5.92 Å². The number of thiophene rings is 1. The number of amides is 1. The average Bonchev–Trinajstić information content (AvgIpc) is 3.16. The number of carbonyl (C=O) groups is 1. The van der Waals surface area contributed by atoms with E-state index in [-0.39, 0.29) is 17.6 Å². The fourth-order valence-electron chi connectivity index (χ4n) is 4.21. The van der Waals surface area contributed by atoms with Gasteiger partial charge in [-0.2, -0.15) is 0 Å². The van der Waals surface area contributed by atoms with Crippen molar-refractivity contribution in [1.82, 2.24) is 9.97 Å². The summed E-state index contributed by atoms with van der Waals surface area (Å²) in [5.74, 6) is 0.614. The largest absolute Gasteiger partial charge is 0.355 e. The first-order valence-corrected chi connectivity index (χ1v) is 11.3. The molecule has 1 saturated heterocycles. The summed E-state index contributed by atoms with van der Waals surface area (Å²) in [6.45, 7) is 5.57. The van der Waals surface area contributed by atoms with Crippen LogP contribution in [0.5, 0.6) is 0 Å². The van der Waals surface area contributed by atoms with Gasteiger partial charge < -0.3 is 10.2 Å². The molecule has 0 spiro atoms. The zero-order valence-electron chi connectivity index (χ0n) is 17.5. The molecule has 0 bridgehead atoms. The number of hydrogen-bond donors (Lipinski definition) is 1. The Labute approximate surface area is 183 Å². The van der Waals surface area contributed by atoms with Gasteiger partial charge in [0, 0.05) is 29.4 Å². The average molecular weight is 435 g/mol. The predicted octanol–water partition coefficient (Wildman–Crippen LogP) is 5.46. The molecule has 0 radical (unpaired) electrons. The van der Waals surface area contributed by atoms with Crippen LogP contribution in [0.2, 0.25) is 0 Å². The molecule has 5 rings (SSSR count). The maximum Gasteiger partial charge on any atom is 0.227 e. The molecule has 0 unspecified atom stereocenters. The molecule has 1 aliphatic heterocycles. The molecule has 0 atom stereocenters. The van der Waals surface area contributed by atoms with E-state index in [4.69, 9.17) is 0 Å². The smallest absolute Gasteiger partial charge is 0.227 e. The lowest BCUT2D eigenvalue weighted by molar-refractivity contribution is -0.120. The van der Waals surface area contributed by atoms with E-state index in [1.807, 2.05) is 31.2 Å². The Morgan fingerprint density at radius 1 is 1.13 bits per heavy atom. The zero-order chi connectivity index (χ0) is 21.5. The van der Waals surface area contributed by atoms with Gasteiger partial charge in [0.15, 0.2) is 0 Å². The van der Waals surface area contributed by atoms with Crippen LogP contribution in [0, 0.1) is 25.6 Å². The normalized spacial score (nSPS) is 15.0. The van der Waals surface area contributed by atoms with Gasteiger partial charge in [0.1, 0.15) is 18.0 Å². The molecule has 31 heavy (non-hydrogen) atoms. The van der Waals surface area contributed by atoms with E-state index >= 15 is 0 Å². The van der Waals surface area contributed by atoms with Crippen molar-refractivity contribution in [2.75, 3.05) is 23.3 Å². The van der Waals surface area contributed by atoms with Crippen LogP contribution in [-0.2, 0) is 4.79 Å². The van der Waals surface area contributed by atoms with Crippen molar-refractivity contribution in [1.29, 1.82) is 0 Å². The van der Waals surface area contributed by atoms with Gasteiger partial charge in [-0.15, -0.1) is 11.3 Å². The van der Waals surface area contributed by atoms with Crippen molar-refractivity contribution in [2.45, 2.75) is 26.7 Å². The van der Waals surface area contributed by atoms with Crippen molar-refractivity contribution in [3.8, 4) is 0 Å². The second-order valence-corrected chi connectivity index (χ2v) is 9.19. The molecule has 2 aromatic heterocycles. The summed E-state index contributed by atoms with van der Waals surface area (Å²) in [6.07, 6.45) is 3.01. The maximum atomic E-state index is 14.4. The predicted molar refractivity (Wildman–Crippen MR) is 124 cm³/mol. The topological polar surface area (TPSA) is 58.1 Å². The number of nitrogens with zero attached hydrogens (tertiary/aromatic N) is 3. The summed E-state index contributed by atoms with van der Waals surface area (Å²) >= 11 is 1.52. The van der Waals surface area contributed by atoms with Gasteiger partial charge in [0.25, 0.3) is 0 Å². The number of hydrogen-bond acceptors (Lipinski definition) is 5. The number of aromatic nitrogens is 2. The highest BCUT2D eigenvalue weighted by atomic mass is 32.1. The fourth-order valence-corrected chi connectivity index (χ4v) is 5.40. The molecular formula is C24H23FN4OS. The number of nitrogens with one attached hydrogen (secondary N) is 1. The maximum absolute atomic E-state index is 14.4. The van der Waals surface area contributed by atoms with Gasteiger partial charge in [-0.05, 0) is 62.1 Å². The summed E-state index contributed by atoms with van der Waals surface area (Å²) in [5, 5.41) is 3.63. The van der Waals surface area contributed by atoms with E-state index in [2.05, 4.69) is 27.1 Å². The first-order chi connectivity index (χ1) is 15.0. The van der Waals surface area contributed by atoms with Crippen LogP contribution in [-0.4, -0.2) is 29.0 Å². The highest BCUT2D eigenvalue weighted by molar-refractivity contribution is 7.26. The van der Waals surface area contributed by atoms with E-state index in [1.54, 1.807) is 6.07 Å². The first kappa shape index (κ1) is 19.9. The number of rotatable bonds is 3. The van der Waals surface area contributed by atoms with Crippen LogP contribution in [0.25, 0.3) is 20.3 Å². The molecule has 0 aliphatic carbocycles. The van der Waals surface area contributed by atoms with Gasteiger partial charge >= 0.3 is 0 Å². The Kier molecular flexibility index (Phi) is 5.06. The molecule has 2 aromatic carbocycles. The van der Waals surface area contributed by atoms with Gasteiger partial charge in [0.2, 0.25) is 5.91 Å². The van der Waals surface area contributed by atoms with Crippen molar-refractivity contribution in [3.05, 3.63) is 59.7 Å². The number of anilines is 2. The van der Waals surface area contributed by atoms with E-state index in [0.717, 1.165) is 46.8 Å². The number of benzene rings is 2. The van der Waals surface area contributed by atoms with Crippen LogP contribution in [0.15, 0.2) is 42.7 Å². The molecule has 158 valence electrons. The minimum atomic E-state index is -0.255. The van der Waals surface area contributed by atoms with Crippen molar-refractivity contribution >= 4 is 49.1 Å². The second-order valence-electron chi connectivity index (χ2n) is 8.14. The molecule has 1 aliphatic rings. The molecular weight excluding hydrogens is 411 g/mol. The molecule has 3 heterocycles.